The van der Waals surface area contributed by atoms with E-state index in [9.17, 15) is 4.79 Å². The van der Waals surface area contributed by atoms with Crippen molar-refractivity contribution in [3.05, 3.63) is 65.7 Å². The van der Waals surface area contributed by atoms with Crippen LogP contribution in [0.25, 0.3) is 11.5 Å². The smallest absolute Gasteiger partial charge is 0.241 e. The van der Waals surface area contributed by atoms with E-state index in [1.54, 1.807) is 6.20 Å². The summed E-state index contributed by atoms with van der Waals surface area (Å²) in [6.45, 7) is 2.43. The van der Waals surface area contributed by atoms with E-state index in [1.807, 2.05) is 68.4 Å². The minimum Gasteiger partial charge on any atom is -0.354 e. The molecule has 0 aliphatic carbocycles. The molecule has 1 atom stereocenters. The van der Waals surface area contributed by atoms with Crippen LogP contribution in [0.1, 0.15) is 23.1 Å². The molecule has 3 aromatic rings. The van der Waals surface area contributed by atoms with Crippen LogP contribution in [-0.4, -0.2) is 46.6 Å². The Kier molecular flexibility index (Phi) is 5.93. The van der Waals surface area contributed by atoms with Crippen molar-refractivity contribution < 1.29 is 9.32 Å². The van der Waals surface area contributed by atoms with Gasteiger partial charge in [-0.15, -0.1) is 0 Å². The van der Waals surface area contributed by atoms with Gasteiger partial charge in [0.2, 0.25) is 17.6 Å². The third-order valence-electron chi connectivity index (χ3n) is 4.12. The fourth-order valence-electron chi connectivity index (χ4n) is 2.87. The number of amides is 1. The minimum absolute atomic E-state index is 0.0601. The molecule has 0 saturated heterocycles. The van der Waals surface area contributed by atoms with Crippen molar-refractivity contribution in [1.29, 1.82) is 0 Å². The van der Waals surface area contributed by atoms with Gasteiger partial charge in [-0.3, -0.25) is 14.7 Å². The molecule has 140 valence electrons. The van der Waals surface area contributed by atoms with Crippen LogP contribution in [0.2, 0.25) is 0 Å². The average molecular weight is 365 g/mol. The number of aryl methyl sites for hydroxylation is 1. The lowest BCUT2D eigenvalue weighted by Gasteiger charge is -2.24. The number of rotatable bonds is 7. The Balaban J connectivity index is 1.59. The monoisotopic (exact) mass is 365 g/mol. The molecule has 1 N–H and O–H groups in total. The first-order valence-electron chi connectivity index (χ1n) is 8.79. The SMILES string of the molecule is Cc1cccc([C@H](C(=O)NCCc2nc(-c3ccccn3)no2)N(C)C)c1. The van der Waals surface area contributed by atoms with E-state index in [1.165, 1.54) is 0 Å². The molecule has 2 heterocycles. The molecule has 0 fully saturated rings. The van der Waals surface area contributed by atoms with Crippen LogP contribution in [0.4, 0.5) is 0 Å². The zero-order valence-corrected chi connectivity index (χ0v) is 15.7. The van der Waals surface area contributed by atoms with Crippen molar-refractivity contribution in [2.24, 2.45) is 0 Å². The fraction of sp³-hybridized carbons (Fsp3) is 0.300. The molecule has 1 amide bonds. The van der Waals surface area contributed by atoms with Gasteiger partial charge >= 0.3 is 0 Å². The van der Waals surface area contributed by atoms with Gasteiger partial charge in [0.25, 0.3) is 0 Å². The molecule has 0 unspecified atom stereocenters. The number of benzene rings is 1. The lowest BCUT2D eigenvalue weighted by Crippen LogP contribution is -2.38. The van der Waals surface area contributed by atoms with Crippen LogP contribution in [0.5, 0.6) is 0 Å². The third-order valence-corrected chi connectivity index (χ3v) is 4.12. The molecular weight excluding hydrogens is 342 g/mol. The highest BCUT2D eigenvalue weighted by molar-refractivity contribution is 5.83. The van der Waals surface area contributed by atoms with E-state index in [-0.39, 0.29) is 11.9 Å². The molecule has 27 heavy (non-hydrogen) atoms. The Morgan fingerprint density at radius 3 is 2.78 bits per heavy atom. The molecule has 7 heteroatoms. The Morgan fingerprint density at radius 1 is 1.22 bits per heavy atom. The highest BCUT2D eigenvalue weighted by Gasteiger charge is 2.22. The van der Waals surface area contributed by atoms with Crippen molar-refractivity contribution in [3.8, 4) is 11.5 Å². The summed E-state index contributed by atoms with van der Waals surface area (Å²) in [7, 11) is 3.79. The normalized spacial score (nSPS) is 12.1. The van der Waals surface area contributed by atoms with Gasteiger partial charge in [-0.05, 0) is 38.7 Å². The molecule has 0 aliphatic rings. The Hall–Kier alpha value is -3.06. The number of likely N-dealkylation sites (N-methyl/N-ethyl adjacent to an activating group) is 1. The molecule has 0 radical (unpaired) electrons. The summed E-state index contributed by atoms with van der Waals surface area (Å²) in [5.41, 5.74) is 2.75. The van der Waals surface area contributed by atoms with Gasteiger partial charge < -0.3 is 9.84 Å². The van der Waals surface area contributed by atoms with Crippen LogP contribution in [0.15, 0.2) is 53.2 Å². The van der Waals surface area contributed by atoms with E-state index in [0.717, 1.165) is 11.1 Å². The number of carbonyl (C=O) groups is 1. The second kappa shape index (κ2) is 8.55. The van der Waals surface area contributed by atoms with Gasteiger partial charge in [-0.25, -0.2) is 0 Å². The van der Waals surface area contributed by atoms with Crippen molar-refractivity contribution >= 4 is 5.91 Å². The topological polar surface area (TPSA) is 84.2 Å². The maximum absolute atomic E-state index is 12.7. The molecule has 7 nitrogen and oxygen atoms in total. The lowest BCUT2D eigenvalue weighted by molar-refractivity contribution is -0.125. The summed E-state index contributed by atoms with van der Waals surface area (Å²) >= 11 is 0. The zero-order chi connectivity index (χ0) is 19.2. The van der Waals surface area contributed by atoms with Gasteiger partial charge in [0.05, 0.1) is 0 Å². The fourth-order valence-corrected chi connectivity index (χ4v) is 2.87. The second-order valence-electron chi connectivity index (χ2n) is 6.55. The van der Waals surface area contributed by atoms with E-state index in [4.69, 9.17) is 4.52 Å². The summed E-state index contributed by atoms with van der Waals surface area (Å²) in [4.78, 5) is 23.1. The number of pyridine rings is 1. The van der Waals surface area contributed by atoms with Gasteiger partial charge in [0.15, 0.2) is 0 Å². The van der Waals surface area contributed by atoms with Crippen molar-refractivity contribution in [1.82, 2.24) is 25.3 Å². The van der Waals surface area contributed by atoms with Crippen LogP contribution in [0.3, 0.4) is 0 Å². The first kappa shape index (κ1) is 18.7. The molecule has 0 saturated carbocycles. The van der Waals surface area contributed by atoms with Gasteiger partial charge in [0.1, 0.15) is 11.7 Å². The minimum atomic E-state index is -0.350. The molecule has 0 bridgehead atoms. The summed E-state index contributed by atoms with van der Waals surface area (Å²) in [5, 5.41) is 6.89. The van der Waals surface area contributed by atoms with E-state index in [2.05, 4.69) is 20.4 Å². The van der Waals surface area contributed by atoms with Crippen molar-refractivity contribution in [2.45, 2.75) is 19.4 Å². The van der Waals surface area contributed by atoms with Crippen LogP contribution >= 0.6 is 0 Å². The summed E-state index contributed by atoms with van der Waals surface area (Å²) in [5.74, 6) is 0.853. The third kappa shape index (κ3) is 4.77. The number of nitrogens with one attached hydrogen (secondary N) is 1. The predicted octanol–water partition coefficient (Wildman–Crippen LogP) is 2.40. The van der Waals surface area contributed by atoms with Crippen molar-refractivity contribution in [3.63, 3.8) is 0 Å². The molecule has 2 aromatic heterocycles. The first-order valence-corrected chi connectivity index (χ1v) is 8.79. The molecule has 0 aliphatic heterocycles. The predicted molar refractivity (Wildman–Crippen MR) is 102 cm³/mol. The molecular formula is C20H23N5O2. The molecule has 0 spiro atoms. The maximum atomic E-state index is 12.7. The van der Waals surface area contributed by atoms with Gasteiger partial charge in [-0.2, -0.15) is 4.98 Å². The standard InChI is InChI=1S/C20H23N5O2/c1-14-7-6-8-15(13-14)18(25(2)3)20(26)22-12-10-17-23-19(24-27-17)16-9-4-5-11-21-16/h4-9,11,13,18H,10,12H2,1-3H3,(H,22,26)/t18-/m1/s1. The average Bonchev–Trinajstić information content (AvgIpc) is 3.11. The number of aromatic nitrogens is 3. The Morgan fingerprint density at radius 2 is 2.07 bits per heavy atom. The van der Waals surface area contributed by atoms with Crippen LogP contribution in [-0.2, 0) is 11.2 Å². The summed E-state index contributed by atoms with van der Waals surface area (Å²) in [6, 6.07) is 13.1. The van der Waals surface area contributed by atoms with Crippen LogP contribution in [0, 0.1) is 6.92 Å². The van der Waals surface area contributed by atoms with Gasteiger partial charge in [-0.1, -0.05) is 41.1 Å². The lowest BCUT2D eigenvalue weighted by atomic mass is 10.0. The molecule has 1 aromatic carbocycles. The maximum Gasteiger partial charge on any atom is 0.241 e. The first-order chi connectivity index (χ1) is 13.0. The second-order valence-corrected chi connectivity index (χ2v) is 6.55. The largest absolute Gasteiger partial charge is 0.354 e. The van der Waals surface area contributed by atoms with E-state index in [0.29, 0.717) is 30.4 Å². The van der Waals surface area contributed by atoms with Gasteiger partial charge in [0, 0.05) is 19.2 Å². The number of nitrogens with zero attached hydrogens (tertiary/aromatic N) is 4. The zero-order valence-electron chi connectivity index (χ0n) is 15.7. The number of hydrogen-bond donors (Lipinski definition) is 1. The number of hydrogen-bond acceptors (Lipinski definition) is 6. The van der Waals surface area contributed by atoms with E-state index >= 15 is 0 Å². The molecule has 3 rings (SSSR count). The summed E-state index contributed by atoms with van der Waals surface area (Å²) in [6.07, 6.45) is 2.14. The Bertz CT molecular complexity index is 892. The highest BCUT2D eigenvalue weighted by atomic mass is 16.5. The summed E-state index contributed by atoms with van der Waals surface area (Å²) < 4.78 is 5.25. The Labute approximate surface area is 158 Å². The van der Waals surface area contributed by atoms with E-state index < -0.39 is 0 Å². The quantitative estimate of drug-likeness (QED) is 0.692. The highest BCUT2D eigenvalue weighted by Crippen LogP contribution is 2.19. The van der Waals surface area contributed by atoms with Crippen molar-refractivity contribution in [2.75, 3.05) is 20.6 Å². The number of carbonyl (C=O) groups excluding carboxylic acids is 1. The van der Waals surface area contributed by atoms with Crippen LogP contribution < -0.4 is 5.32 Å².